The van der Waals surface area contributed by atoms with E-state index in [0.29, 0.717) is 10.5 Å². The minimum absolute atomic E-state index is 0.0399. The number of hydrogen-bond donors (Lipinski definition) is 0. The van der Waals surface area contributed by atoms with Crippen LogP contribution >= 0.6 is 34.4 Å². The number of thioether (sulfide) groups is 1. The van der Waals surface area contributed by atoms with E-state index in [1.807, 2.05) is 12.1 Å². The Labute approximate surface area is 172 Å². The molecule has 2 amide bonds. The van der Waals surface area contributed by atoms with E-state index in [-0.39, 0.29) is 23.4 Å². The van der Waals surface area contributed by atoms with Gasteiger partial charge in [-0.1, -0.05) is 18.2 Å². The summed E-state index contributed by atoms with van der Waals surface area (Å²) in [4.78, 5) is 36.5. The quantitative estimate of drug-likeness (QED) is 0.263. The topological polar surface area (TPSA) is 89.8 Å². The molecule has 9 heteroatoms. The standard InChI is InChI=1S/C18H13IN2O5S/c1-26-15-7-4-12(8-14(15)19)9-16-17(22)20(18(23)27-16)10-11-2-5-13(6-3-11)21(24)25/h2-9H,10H2,1H3/b16-9-. The van der Waals surface area contributed by atoms with Crippen molar-refractivity contribution in [3.05, 3.63) is 72.2 Å². The first-order valence-corrected chi connectivity index (χ1v) is 9.61. The molecule has 3 rings (SSSR count). The van der Waals surface area contributed by atoms with Gasteiger partial charge in [0.1, 0.15) is 5.75 Å². The van der Waals surface area contributed by atoms with Crippen molar-refractivity contribution in [1.82, 2.24) is 4.90 Å². The number of rotatable bonds is 5. The number of imide groups is 1. The van der Waals surface area contributed by atoms with Crippen molar-refractivity contribution in [2.75, 3.05) is 7.11 Å². The molecule has 2 aromatic carbocycles. The van der Waals surface area contributed by atoms with Gasteiger partial charge in [-0.15, -0.1) is 0 Å². The van der Waals surface area contributed by atoms with Gasteiger partial charge in [-0.2, -0.15) is 0 Å². The number of carbonyl (C=O) groups is 2. The van der Waals surface area contributed by atoms with Gasteiger partial charge < -0.3 is 4.74 Å². The van der Waals surface area contributed by atoms with Gasteiger partial charge in [0.15, 0.2) is 0 Å². The molecule has 138 valence electrons. The maximum Gasteiger partial charge on any atom is 0.293 e. The van der Waals surface area contributed by atoms with E-state index in [4.69, 9.17) is 4.74 Å². The number of non-ortho nitro benzene ring substituents is 1. The monoisotopic (exact) mass is 496 g/mol. The summed E-state index contributed by atoms with van der Waals surface area (Å²) in [7, 11) is 1.58. The van der Waals surface area contributed by atoms with Gasteiger partial charge in [-0.25, -0.2) is 0 Å². The summed E-state index contributed by atoms with van der Waals surface area (Å²) in [5, 5.41) is 10.3. The van der Waals surface area contributed by atoms with Crippen LogP contribution in [0.5, 0.6) is 5.75 Å². The molecular formula is C18H13IN2O5S. The van der Waals surface area contributed by atoms with Crippen LogP contribution in [0, 0.1) is 13.7 Å². The second-order valence-electron chi connectivity index (χ2n) is 5.59. The lowest BCUT2D eigenvalue weighted by Gasteiger charge is -2.12. The summed E-state index contributed by atoms with van der Waals surface area (Å²) in [6.07, 6.45) is 1.67. The zero-order valence-electron chi connectivity index (χ0n) is 14.0. The second-order valence-corrected chi connectivity index (χ2v) is 7.74. The Morgan fingerprint density at radius 2 is 1.93 bits per heavy atom. The number of hydrogen-bond acceptors (Lipinski definition) is 6. The maximum absolute atomic E-state index is 12.6. The Balaban J connectivity index is 1.78. The fourth-order valence-corrected chi connectivity index (χ4v) is 4.06. The van der Waals surface area contributed by atoms with Crippen molar-refractivity contribution in [2.24, 2.45) is 0 Å². The Kier molecular flexibility index (Phi) is 5.80. The van der Waals surface area contributed by atoms with Gasteiger partial charge >= 0.3 is 0 Å². The van der Waals surface area contributed by atoms with E-state index < -0.39 is 4.92 Å². The number of nitro benzene ring substituents is 1. The molecule has 1 saturated heterocycles. The van der Waals surface area contributed by atoms with E-state index in [1.165, 1.54) is 24.3 Å². The molecule has 1 fully saturated rings. The van der Waals surface area contributed by atoms with Crippen molar-refractivity contribution >= 4 is 57.3 Å². The first-order chi connectivity index (χ1) is 12.9. The van der Waals surface area contributed by atoms with Crippen LogP contribution in [0.4, 0.5) is 10.5 Å². The second kappa shape index (κ2) is 8.09. The third kappa shape index (κ3) is 4.30. The molecule has 7 nitrogen and oxygen atoms in total. The van der Waals surface area contributed by atoms with Crippen molar-refractivity contribution in [3.63, 3.8) is 0 Å². The lowest BCUT2D eigenvalue weighted by molar-refractivity contribution is -0.384. The molecule has 0 saturated carbocycles. The Morgan fingerprint density at radius 1 is 1.22 bits per heavy atom. The van der Waals surface area contributed by atoms with E-state index in [1.54, 1.807) is 19.3 Å². The highest BCUT2D eigenvalue weighted by Crippen LogP contribution is 2.34. The molecule has 0 bridgehead atoms. The van der Waals surface area contributed by atoms with Gasteiger partial charge in [-0.05, 0) is 63.7 Å². The van der Waals surface area contributed by atoms with Crippen molar-refractivity contribution in [3.8, 4) is 5.75 Å². The molecule has 2 aromatic rings. The number of nitro groups is 1. The Hall–Kier alpha value is -2.40. The van der Waals surface area contributed by atoms with Gasteiger partial charge in [0.25, 0.3) is 16.8 Å². The first kappa shape index (κ1) is 19.4. The fourth-order valence-electron chi connectivity index (χ4n) is 2.47. The summed E-state index contributed by atoms with van der Waals surface area (Å²) in [5.74, 6) is 0.355. The normalized spacial score (nSPS) is 15.5. The lowest BCUT2D eigenvalue weighted by atomic mass is 10.2. The van der Waals surface area contributed by atoms with Crippen LogP contribution in [-0.4, -0.2) is 28.1 Å². The smallest absolute Gasteiger partial charge is 0.293 e. The molecule has 0 atom stereocenters. The molecule has 0 aliphatic carbocycles. The van der Waals surface area contributed by atoms with Crippen LogP contribution in [0.3, 0.4) is 0 Å². The Morgan fingerprint density at radius 3 is 2.52 bits per heavy atom. The predicted octanol–water partition coefficient (Wildman–Crippen LogP) is 4.44. The van der Waals surface area contributed by atoms with Crippen molar-refractivity contribution in [1.29, 1.82) is 0 Å². The zero-order valence-corrected chi connectivity index (χ0v) is 17.0. The highest BCUT2D eigenvalue weighted by atomic mass is 127. The van der Waals surface area contributed by atoms with E-state index >= 15 is 0 Å². The minimum atomic E-state index is -0.497. The molecule has 0 unspecified atom stereocenters. The maximum atomic E-state index is 12.6. The van der Waals surface area contributed by atoms with Crippen molar-refractivity contribution < 1.29 is 19.2 Å². The van der Waals surface area contributed by atoms with Crippen LogP contribution in [0.1, 0.15) is 11.1 Å². The average Bonchev–Trinajstić information content (AvgIpc) is 2.90. The van der Waals surface area contributed by atoms with Crippen LogP contribution in [0.2, 0.25) is 0 Å². The minimum Gasteiger partial charge on any atom is -0.496 e. The summed E-state index contributed by atoms with van der Waals surface area (Å²) < 4.78 is 6.11. The van der Waals surface area contributed by atoms with Crippen LogP contribution in [0.25, 0.3) is 6.08 Å². The summed E-state index contributed by atoms with van der Waals surface area (Å²) in [6, 6.07) is 11.3. The number of methoxy groups -OCH3 is 1. The van der Waals surface area contributed by atoms with Crippen LogP contribution in [-0.2, 0) is 11.3 Å². The van der Waals surface area contributed by atoms with Gasteiger partial charge in [0.2, 0.25) is 0 Å². The highest BCUT2D eigenvalue weighted by molar-refractivity contribution is 14.1. The number of benzene rings is 2. The molecule has 1 aliphatic heterocycles. The molecule has 0 N–H and O–H groups in total. The first-order valence-electron chi connectivity index (χ1n) is 7.71. The van der Waals surface area contributed by atoms with Gasteiger partial charge in [0.05, 0.1) is 27.1 Å². The number of nitrogens with zero attached hydrogens (tertiary/aromatic N) is 2. The van der Waals surface area contributed by atoms with Crippen LogP contribution in [0.15, 0.2) is 47.4 Å². The summed E-state index contributed by atoms with van der Waals surface area (Å²) in [5.41, 5.74) is 1.39. The number of carbonyl (C=O) groups excluding carboxylic acids is 2. The molecule has 0 spiro atoms. The highest BCUT2D eigenvalue weighted by Gasteiger charge is 2.35. The molecule has 0 aromatic heterocycles. The van der Waals surface area contributed by atoms with Crippen molar-refractivity contribution in [2.45, 2.75) is 6.54 Å². The third-order valence-corrected chi connectivity index (χ3v) is 5.59. The predicted molar refractivity (Wildman–Crippen MR) is 110 cm³/mol. The van der Waals surface area contributed by atoms with E-state index in [9.17, 15) is 19.7 Å². The molecule has 27 heavy (non-hydrogen) atoms. The van der Waals surface area contributed by atoms with Gasteiger partial charge in [0, 0.05) is 12.1 Å². The summed E-state index contributed by atoms with van der Waals surface area (Å²) in [6.45, 7) is 0.0696. The Bertz CT molecular complexity index is 959. The number of halogens is 1. The van der Waals surface area contributed by atoms with E-state index in [2.05, 4.69) is 22.6 Å². The summed E-state index contributed by atoms with van der Waals surface area (Å²) >= 11 is 3.01. The molecule has 1 aliphatic rings. The van der Waals surface area contributed by atoms with Crippen LogP contribution < -0.4 is 4.74 Å². The van der Waals surface area contributed by atoms with E-state index in [0.717, 1.165) is 31.5 Å². The third-order valence-electron chi connectivity index (χ3n) is 3.84. The zero-order chi connectivity index (χ0) is 19.6. The number of amides is 2. The average molecular weight is 496 g/mol. The molecule has 1 heterocycles. The lowest BCUT2D eigenvalue weighted by Crippen LogP contribution is -2.27. The molecule has 0 radical (unpaired) electrons. The number of ether oxygens (including phenoxy) is 1. The SMILES string of the molecule is COc1ccc(/C=C2\SC(=O)N(Cc3ccc([N+](=O)[O-])cc3)C2=O)cc1I. The largest absolute Gasteiger partial charge is 0.496 e. The van der Waals surface area contributed by atoms with Gasteiger partial charge in [-0.3, -0.25) is 24.6 Å². The fraction of sp³-hybridized carbons (Fsp3) is 0.111. The molecular weight excluding hydrogens is 483 g/mol.